The molecule has 0 aromatic heterocycles. The highest BCUT2D eigenvalue weighted by Crippen LogP contribution is 2.41. The van der Waals surface area contributed by atoms with Crippen LogP contribution in [-0.2, 0) is 0 Å². The van der Waals surface area contributed by atoms with Gasteiger partial charge >= 0.3 is 0 Å². The molecular formula is C13H14BrNO2. The minimum absolute atomic E-state index is 0.194. The lowest BCUT2D eigenvalue weighted by Gasteiger charge is -2.34. The molecule has 0 radical (unpaired) electrons. The zero-order valence-electron chi connectivity index (χ0n) is 9.68. The molecule has 1 spiro atoms. The van der Waals surface area contributed by atoms with Crippen LogP contribution in [-0.4, -0.2) is 24.5 Å². The first-order chi connectivity index (χ1) is 8.10. The van der Waals surface area contributed by atoms with Crippen LogP contribution >= 0.6 is 15.9 Å². The van der Waals surface area contributed by atoms with Crippen molar-refractivity contribution in [3.8, 4) is 5.75 Å². The van der Waals surface area contributed by atoms with Crippen LogP contribution in [0.3, 0.4) is 0 Å². The summed E-state index contributed by atoms with van der Waals surface area (Å²) in [5, 5.41) is 3.27. The molecule has 1 N–H and O–H groups in total. The largest absolute Gasteiger partial charge is 0.483 e. The highest BCUT2D eigenvalue weighted by Gasteiger charge is 2.43. The van der Waals surface area contributed by atoms with E-state index in [9.17, 15) is 4.79 Å². The molecule has 2 aliphatic rings. The van der Waals surface area contributed by atoms with Gasteiger partial charge < -0.3 is 10.1 Å². The van der Waals surface area contributed by atoms with Crippen LogP contribution in [0, 0.1) is 6.92 Å². The van der Waals surface area contributed by atoms with E-state index in [1.54, 1.807) is 0 Å². The Labute approximate surface area is 109 Å². The minimum atomic E-state index is -0.318. The van der Waals surface area contributed by atoms with Gasteiger partial charge in [-0.2, -0.15) is 0 Å². The standard InChI is InChI=1S/C13H14BrNO2/c1-8-4-9-11(16)6-13(2-3-15-7-13)17-12(9)10(14)5-8/h4-5,15H,2-3,6-7H2,1H3. The lowest BCUT2D eigenvalue weighted by molar-refractivity contribution is 0.0523. The maximum absolute atomic E-state index is 12.2. The smallest absolute Gasteiger partial charge is 0.170 e. The summed E-state index contributed by atoms with van der Waals surface area (Å²) in [6, 6.07) is 3.91. The van der Waals surface area contributed by atoms with Gasteiger partial charge in [-0.25, -0.2) is 0 Å². The first-order valence-corrected chi connectivity index (χ1v) is 6.62. The maximum atomic E-state index is 12.2. The average Bonchev–Trinajstić information content (AvgIpc) is 2.69. The Morgan fingerprint density at radius 3 is 3.00 bits per heavy atom. The summed E-state index contributed by atoms with van der Waals surface area (Å²) in [7, 11) is 0. The first-order valence-electron chi connectivity index (χ1n) is 5.83. The SMILES string of the molecule is Cc1cc(Br)c2c(c1)C(=O)CC1(CCNC1)O2. The van der Waals surface area contributed by atoms with Crippen molar-refractivity contribution in [3.05, 3.63) is 27.7 Å². The molecule has 0 aliphatic carbocycles. The van der Waals surface area contributed by atoms with E-state index < -0.39 is 0 Å². The summed E-state index contributed by atoms with van der Waals surface area (Å²) in [5.41, 5.74) is 1.48. The molecule has 2 aliphatic heterocycles. The highest BCUT2D eigenvalue weighted by atomic mass is 79.9. The van der Waals surface area contributed by atoms with Crippen LogP contribution in [0.1, 0.15) is 28.8 Å². The average molecular weight is 296 g/mol. The first kappa shape index (κ1) is 11.2. The van der Waals surface area contributed by atoms with Gasteiger partial charge in [-0.05, 0) is 47.1 Å². The van der Waals surface area contributed by atoms with Crippen LogP contribution < -0.4 is 10.1 Å². The van der Waals surface area contributed by atoms with Crippen molar-refractivity contribution in [1.29, 1.82) is 0 Å². The van der Waals surface area contributed by atoms with E-state index in [0.717, 1.165) is 40.9 Å². The van der Waals surface area contributed by atoms with Crippen LogP contribution in [0.5, 0.6) is 5.75 Å². The van der Waals surface area contributed by atoms with Gasteiger partial charge in [0, 0.05) is 13.0 Å². The molecule has 1 unspecified atom stereocenters. The second-order valence-corrected chi connectivity index (χ2v) is 5.79. The second-order valence-electron chi connectivity index (χ2n) is 4.94. The van der Waals surface area contributed by atoms with Crippen molar-refractivity contribution in [3.63, 3.8) is 0 Å². The van der Waals surface area contributed by atoms with Crippen LogP contribution in [0.25, 0.3) is 0 Å². The third-order valence-electron chi connectivity index (χ3n) is 3.49. The molecule has 4 heteroatoms. The molecule has 1 atom stereocenters. The van der Waals surface area contributed by atoms with Crippen molar-refractivity contribution < 1.29 is 9.53 Å². The fourth-order valence-corrected chi connectivity index (χ4v) is 3.29. The fraction of sp³-hybridized carbons (Fsp3) is 0.462. The fourth-order valence-electron chi connectivity index (χ4n) is 2.64. The number of carbonyl (C=O) groups is 1. The molecular weight excluding hydrogens is 282 g/mol. The number of ketones is 1. The number of carbonyl (C=O) groups excluding carboxylic acids is 1. The minimum Gasteiger partial charge on any atom is -0.483 e. The molecule has 1 aromatic rings. The number of hydrogen-bond acceptors (Lipinski definition) is 3. The van der Waals surface area contributed by atoms with Crippen LogP contribution in [0.15, 0.2) is 16.6 Å². The predicted molar refractivity (Wildman–Crippen MR) is 68.7 cm³/mol. The number of nitrogens with one attached hydrogen (secondary N) is 1. The quantitative estimate of drug-likeness (QED) is 0.799. The summed E-state index contributed by atoms with van der Waals surface area (Å²) >= 11 is 3.49. The molecule has 0 saturated carbocycles. The molecule has 17 heavy (non-hydrogen) atoms. The monoisotopic (exact) mass is 295 g/mol. The molecule has 1 fully saturated rings. The summed E-state index contributed by atoms with van der Waals surface area (Å²) in [5.74, 6) is 0.912. The van der Waals surface area contributed by atoms with E-state index in [1.165, 1.54) is 0 Å². The van der Waals surface area contributed by atoms with Gasteiger partial charge in [-0.15, -0.1) is 0 Å². The van der Waals surface area contributed by atoms with E-state index in [4.69, 9.17) is 4.74 Å². The van der Waals surface area contributed by atoms with Crippen molar-refractivity contribution in [1.82, 2.24) is 5.32 Å². The van der Waals surface area contributed by atoms with E-state index in [0.29, 0.717) is 6.42 Å². The van der Waals surface area contributed by atoms with Crippen LogP contribution in [0.2, 0.25) is 0 Å². The predicted octanol–water partition coefficient (Wildman–Crippen LogP) is 2.45. The number of hydrogen-bond donors (Lipinski definition) is 1. The van der Waals surface area contributed by atoms with E-state index in [2.05, 4.69) is 21.2 Å². The Kier molecular flexibility index (Phi) is 2.52. The third kappa shape index (κ3) is 1.79. The Morgan fingerprint density at radius 1 is 1.47 bits per heavy atom. The van der Waals surface area contributed by atoms with Crippen molar-refractivity contribution in [2.45, 2.75) is 25.4 Å². The van der Waals surface area contributed by atoms with Gasteiger partial charge in [-0.3, -0.25) is 4.79 Å². The number of halogens is 1. The maximum Gasteiger partial charge on any atom is 0.170 e. The molecule has 3 rings (SSSR count). The van der Waals surface area contributed by atoms with Gasteiger partial charge in [0.2, 0.25) is 0 Å². The zero-order valence-corrected chi connectivity index (χ0v) is 11.3. The Balaban J connectivity index is 2.09. The Bertz CT molecular complexity index is 492. The molecule has 1 saturated heterocycles. The van der Waals surface area contributed by atoms with Crippen LogP contribution in [0.4, 0.5) is 0 Å². The summed E-state index contributed by atoms with van der Waals surface area (Å²) in [4.78, 5) is 12.2. The molecule has 0 amide bonds. The number of ether oxygens (including phenoxy) is 1. The number of benzene rings is 1. The number of rotatable bonds is 0. The highest BCUT2D eigenvalue weighted by molar-refractivity contribution is 9.10. The van der Waals surface area contributed by atoms with Gasteiger partial charge in [-0.1, -0.05) is 0 Å². The number of fused-ring (bicyclic) bond motifs is 1. The van der Waals surface area contributed by atoms with Gasteiger partial charge in [0.05, 0.1) is 16.5 Å². The Morgan fingerprint density at radius 2 is 2.29 bits per heavy atom. The zero-order chi connectivity index (χ0) is 12.0. The molecule has 90 valence electrons. The van der Waals surface area contributed by atoms with E-state index in [-0.39, 0.29) is 11.4 Å². The van der Waals surface area contributed by atoms with Gasteiger partial charge in [0.1, 0.15) is 11.4 Å². The lowest BCUT2D eigenvalue weighted by atomic mass is 9.89. The second kappa shape index (κ2) is 3.82. The van der Waals surface area contributed by atoms with E-state index >= 15 is 0 Å². The number of Topliss-reactive ketones (excluding diaryl/α,β-unsaturated/α-hetero) is 1. The molecule has 0 bridgehead atoms. The Hall–Kier alpha value is -0.870. The molecule has 2 heterocycles. The summed E-state index contributed by atoms with van der Waals surface area (Å²) < 4.78 is 6.99. The lowest BCUT2D eigenvalue weighted by Crippen LogP contribution is -2.44. The molecule has 1 aromatic carbocycles. The van der Waals surface area contributed by atoms with Crippen molar-refractivity contribution in [2.75, 3.05) is 13.1 Å². The van der Waals surface area contributed by atoms with Gasteiger partial charge in [0.15, 0.2) is 5.78 Å². The normalized spacial score (nSPS) is 27.1. The summed E-state index contributed by atoms with van der Waals surface area (Å²) in [6.07, 6.45) is 1.39. The van der Waals surface area contributed by atoms with Gasteiger partial charge in [0.25, 0.3) is 0 Å². The van der Waals surface area contributed by atoms with Crippen molar-refractivity contribution in [2.24, 2.45) is 0 Å². The number of aryl methyl sites for hydroxylation is 1. The van der Waals surface area contributed by atoms with Crippen molar-refractivity contribution >= 4 is 21.7 Å². The topological polar surface area (TPSA) is 38.3 Å². The van der Waals surface area contributed by atoms with E-state index in [1.807, 2.05) is 19.1 Å². The molecule has 3 nitrogen and oxygen atoms in total. The summed E-state index contributed by atoms with van der Waals surface area (Å²) in [6.45, 7) is 3.67. The third-order valence-corrected chi connectivity index (χ3v) is 4.08.